The molecule has 0 saturated carbocycles. The first-order valence-electron chi connectivity index (χ1n) is 6.19. The highest BCUT2D eigenvalue weighted by Crippen LogP contribution is 2.14. The molecule has 0 atom stereocenters. The van der Waals surface area contributed by atoms with Crippen LogP contribution in [0.4, 0.5) is 0 Å². The summed E-state index contributed by atoms with van der Waals surface area (Å²) in [5, 5.41) is 4.33. The number of amides is 1. The number of nitrogens with two attached hydrogens (primary N) is 1. The standard InChI is InChI=1S/C14H18N4O/c1-17(2)14(19)12-8-10-18(16-12)13-6-4-3-5-11(13)7-9-15/h3-6,8,10H,7,9,15H2,1-2H3. The maximum absolute atomic E-state index is 11.8. The molecule has 0 radical (unpaired) electrons. The number of carbonyl (C=O) groups excluding carboxylic acids is 1. The second-order valence-corrected chi connectivity index (χ2v) is 4.51. The first-order valence-corrected chi connectivity index (χ1v) is 6.19. The van der Waals surface area contributed by atoms with Gasteiger partial charge in [-0.1, -0.05) is 18.2 Å². The fourth-order valence-electron chi connectivity index (χ4n) is 1.90. The Morgan fingerprint density at radius 2 is 2.05 bits per heavy atom. The molecule has 0 spiro atoms. The third-order valence-corrected chi connectivity index (χ3v) is 2.87. The van der Waals surface area contributed by atoms with Crippen LogP contribution < -0.4 is 5.73 Å². The molecular formula is C14H18N4O. The predicted octanol–water partition coefficient (Wildman–Crippen LogP) is 1.08. The lowest BCUT2D eigenvalue weighted by Crippen LogP contribution is -2.22. The van der Waals surface area contributed by atoms with Gasteiger partial charge < -0.3 is 10.6 Å². The monoisotopic (exact) mass is 258 g/mol. The molecule has 0 aliphatic heterocycles. The zero-order valence-corrected chi connectivity index (χ0v) is 11.2. The van der Waals surface area contributed by atoms with Crippen molar-refractivity contribution in [2.24, 2.45) is 5.73 Å². The highest BCUT2D eigenvalue weighted by Gasteiger charge is 2.12. The Balaban J connectivity index is 2.35. The van der Waals surface area contributed by atoms with Crippen LogP contribution in [0, 0.1) is 0 Å². The average Bonchev–Trinajstić information content (AvgIpc) is 2.88. The maximum atomic E-state index is 11.8. The second kappa shape index (κ2) is 5.67. The summed E-state index contributed by atoms with van der Waals surface area (Å²) in [6.07, 6.45) is 2.58. The van der Waals surface area contributed by atoms with Crippen molar-refractivity contribution in [3.8, 4) is 5.69 Å². The number of rotatable bonds is 4. The number of hydrogen-bond acceptors (Lipinski definition) is 3. The molecule has 1 heterocycles. The molecule has 2 aromatic rings. The number of carbonyl (C=O) groups is 1. The van der Waals surface area contributed by atoms with Gasteiger partial charge >= 0.3 is 0 Å². The van der Waals surface area contributed by atoms with Crippen molar-refractivity contribution in [3.05, 3.63) is 47.8 Å². The van der Waals surface area contributed by atoms with Gasteiger partial charge in [0.05, 0.1) is 5.69 Å². The van der Waals surface area contributed by atoms with Gasteiger partial charge in [-0.25, -0.2) is 4.68 Å². The number of benzene rings is 1. The third kappa shape index (κ3) is 2.82. The van der Waals surface area contributed by atoms with Crippen LogP contribution in [0.1, 0.15) is 16.1 Å². The van der Waals surface area contributed by atoms with E-state index in [1.807, 2.05) is 24.3 Å². The molecule has 5 nitrogen and oxygen atoms in total. The summed E-state index contributed by atoms with van der Waals surface area (Å²) in [7, 11) is 3.42. The van der Waals surface area contributed by atoms with E-state index in [-0.39, 0.29) is 5.91 Å². The lowest BCUT2D eigenvalue weighted by atomic mass is 10.1. The molecule has 100 valence electrons. The fourth-order valence-corrected chi connectivity index (χ4v) is 1.90. The molecule has 1 aromatic carbocycles. The smallest absolute Gasteiger partial charge is 0.273 e. The average molecular weight is 258 g/mol. The van der Waals surface area contributed by atoms with Crippen molar-refractivity contribution >= 4 is 5.91 Å². The summed E-state index contributed by atoms with van der Waals surface area (Å²) in [5.74, 6) is -0.102. The van der Waals surface area contributed by atoms with Crippen molar-refractivity contribution in [2.45, 2.75) is 6.42 Å². The van der Waals surface area contributed by atoms with Gasteiger partial charge in [-0.05, 0) is 30.7 Å². The largest absolute Gasteiger partial charge is 0.343 e. The van der Waals surface area contributed by atoms with Crippen molar-refractivity contribution in [3.63, 3.8) is 0 Å². The van der Waals surface area contributed by atoms with Crippen LogP contribution in [-0.2, 0) is 6.42 Å². The molecule has 1 amide bonds. The molecule has 0 aliphatic rings. The molecular weight excluding hydrogens is 240 g/mol. The Morgan fingerprint density at radius 1 is 1.32 bits per heavy atom. The predicted molar refractivity (Wildman–Crippen MR) is 74.3 cm³/mol. The van der Waals surface area contributed by atoms with Gasteiger partial charge in [-0.15, -0.1) is 0 Å². The zero-order valence-electron chi connectivity index (χ0n) is 11.2. The zero-order chi connectivity index (χ0) is 13.8. The molecule has 0 fully saturated rings. The molecule has 1 aromatic heterocycles. The van der Waals surface area contributed by atoms with E-state index in [1.165, 1.54) is 4.90 Å². The van der Waals surface area contributed by atoms with Crippen LogP contribution >= 0.6 is 0 Å². The minimum atomic E-state index is -0.102. The first-order chi connectivity index (χ1) is 9.13. The van der Waals surface area contributed by atoms with E-state index < -0.39 is 0 Å². The topological polar surface area (TPSA) is 64.2 Å². The Hall–Kier alpha value is -2.14. The van der Waals surface area contributed by atoms with Crippen LogP contribution in [0.25, 0.3) is 5.69 Å². The molecule has 19 heavy (non-hydrogen) atoms. The first kappa shape index (κ1) is 13.3. The van der Waals surface area contributed by atoms with Gasteiger partial charge in [0.1, 0.15) is 0 Å². The SMILES string of the molecule is CN(C)C(=O)c1ccn(-c2ccccc2CCN)n1. The van der Waals surface area contributed by atoms with E-state index in [9.17, 15) is 4.79 Å². The van der Waals surface area contributed by atoms with E-state index in [2.05, 4.69) is 5.10 Å². The molecule has 0 bridgehead atoms. The van der Waals surface area contributed by atoms with Crippen LogP contribution in [0.3, 0.4) is 0 Å². The number of aromatic nitrogens is 2. The lowest BCUT2D eigenvalue weighted by Gasteiger charge is -2.09. The molecule has 0 unspecified atom stereocenters. The molecule has 2 N–H and O–H groups in total. The minimum absolute atomic E-state index is 0.102. The van der Waals surface area contributed by atoms with E-state index in [4.69, 9.17) is 5.73 Å². The number of nitrogens with zero attached hydrogens (tertiary/aromatic N) is 3. The fraction of sp³-hybridized carbons (Fsp3) is 0.286. The lowest BCUT2D eigenvalue weighted by molar-refractivity contribution is 0.0821. The van der Waals surface area contributed by atoms with Gasteiger partial charge in [0.25, 0.3) is 5.91 Å². The summed E-state index contributed by atoms with van der Waals surface area (Å²) < 4.78 is 1.72. The third-order valence-electron chi connectivity index (χ3n) is 2.87. The van der Waals surface area contributed by atoms with Crippen molar-refractivity contribution in [1.82, 2.24) is 14.7 Å². The summed E-state index contributed by atoms with van der Waals surface area (Å²) in [6, 6.07) is 9.65. The van der Waals surface area contributed by atoms with Gasteiger partial charge in [0.2, 0.25) is 0 Å². The Kier molecular flexibility index (Phi) is 3.97. The molecule has 5 heteroatoms. The van der Waals surface area contributed by atoms with Crippen LogP contribution in [0.2, 0.25) is 0 Å². The number of hydrogen-bond donors (Lipinski definition) is 1. The summed E-state index contributed by atoms with van der Waals surface area (Å²) >= 11 is 0. The summed E-state index contributed by atoms with van der Waals surface area (Å²) in [5.41, 5.74) is 8.13. The Bertz CT molecular complexity index is 574. The van der Waals surface area contributed by atoms with E-state index in [0.29, 0.717) is 12.2 Å². The van der Waals surface area contributed by atoms with Crippen molar-refractivity contribution in [2.75, 3.05) is 20.6 Å². The van der Waals surface area contributed by atoms with Crippen molar-refractivity contribution in [1.29, 1.82) is 0 Å². The van der Waals surface area contributed by atoms with Crippen molar-refractivity contribution < 1.29 is 4.79 Å². The quantitative estimate of drug-likeness (QED) is 0.892. The number of para-hydroxylation sites is 1. The van der Waals surface area contributed by atoms with Gasteiger partial charge in [-0.2, -0.15) is 5.10 Å². The highest BCUT2D eigenvalue weighted by atomic mass is 16.2. The highest BCUT2D eigenvalue weighted by molar-refractivity contribution is 5.91. The van der Waals surface area contributed by atoms with Crippen LogP contribution in [-0.4, -0.2) is 41.2 Å². The van der Waals surface area contributed by atoms with E-state index in [0.717, 1.165) is 17.7 Å². The van der Waals surface area contributed by atoms with Gasteiger partial charge in [0.15, 0.2) is 5.69 Å². The maximum Gasteiger partial charge on any atom is 0.273 e. The van der Waals surface area contributed by atoms with Crippen LogP contribution in [0.15, 0.2) is 36.5 Å². The van der Waals surface area contributed by atoms with Gasteiger partial charge in [0, 0.05) is 20.3 Å². The minimum Gasteiger partial charge on any atom is -0.343 e. The summed E-state index contributed by atoms with van der Waals surface area (Å²) in [6.45, 7) is 0.585. The molecule has 0 aliphatic carbocycles. The molecule has 2 rings (SSSR count). The van der Waals surface area contributed by atoms with Gasteiger partial charge in [-0.3, -0.25) is 4.79 Å². The normalized spacial score (nSPS) is 10.5. The Labute approximate surface area is 112 Å². The molecule has 0 saturated heterocycles. The van der Waals surface area contributed by atoms with Crippen LogP contribution in [0.5, 0.6) is 0 Å². The van der Waals surface area contributed by atoms with E-state index in [1.54, 1.807) is 31.0 Å². The second-order valence-electron chi connectivity index (χ2n) is 4.51. The summed E-state index contributed by atoms with van der Waals surface area (Å²) in [4.78, 5) is 13.3. The Morgan fingerprint density at radius 3 is 2.74 bits per heavy atom. The van der Waals surface area contributed by atoms with E-state index >= 15 is 0 Å².